The van der Waals surface area contributed by atoms with Crippen molar-refractivity contribution >= 4 is 5.97 Å². The Bertz CT molecular complexity index is 965. The molecule has 3 aromatic rings. The van der Waals surface area contributed by atoms with E-state index in [1.165, 1.54) is 12.0 Å². The number of aromatic carboxylic acids is 1. The summed E-state index contributed by atoms with van der Waals surface area (Å²) in [7, 11) is 0. The van der Waals surface area contributed by atoms with Gasteiger partial charge in [-0.05, 0) is 42.1 Å². The van der Waals surface area contributed by atoms with Crippen molar-refractivity contribution in [1.82, 2.24) is 15.0 Å². The third-order valence-corrected chi connectivity index (χ3v) is 5.26. The number of aromatic nitrogens is 2. The lowest BCUT2D eigenvalue weighted by Crippen LogP contribution is -2.33. The number of rotatable bonds is 5. The first-order valence-electron chi connectivity index (χ1n) is 9.58. The van der Waals surface area contributed by atoms with Crippen LogP contribution in [-0.4, -0.2) is 32.7 Å². The van der Waals surface area contributed by atoms with Crippen LogP contribution in [0.2, 0.25) is 0 Å². The van der Waals surface area contributed by atoms with E-state index in [4.69, 9.17) is 4.52 Å². The maximum Gasteiger partial charge on any atom is 0.336 e. The molecular weight excluding hydrogens is 354 g/mol. The molecule has 0 aliphatic carbocycles. The Kier molecular flexibility index (Phi) is 5.21. The van der Waals surface area contributed by atoms with Crippen molar-refractivity contribution in [2.45, 2.75) is 38.8 Å². The summed E-state index contributed by atoms with van der Waals surface area (Å²) in [5, 5.41) is 13.5. The number of nitrogens with zero attached hydrogens (tertiary/aromatic N) is 3. The van der Waals surface area contributed by atoms with Crippen LogP contribution in [0.15, 0.2) is 53.1 Å². The molecule has 1 fully saturated rings. The summed E-state index contributed by atoms with van der Waals surface area (Å²) in [4.78, 5) is 18.3. The predicted molar refractivity (Wildman–Crippen MR) is 105 cm³/mol. The third-order valence-electron chi connectivity index (χ3n) is 5.26. The van der Waals surface area contributed by atoms with Crippen molar-refractivity contribution in [2.75, 3.05) is 6.54 Å². The molecule has 0 spiro atoms. The number of hydrogen-bond donors (Lipinski definition) is 1. The van der Waals surface area contributed by atoms with Crippen LogP contribution < -0.4 is 0 Å². The van der Waals surface area contributed by atoms with Crippen LogP contribution in [0.25, 0.3) is 11.1 Å². The van der Waals surface area contributed by atoms with Crippen LogP contribution in [0.5, 0.6) is 0 Å². The number of aryl methyl sites for hydroxylation is 1. The molecular formula is C22H23N3O3. The average molecular weight is 377 g/mol. The van der Waals surface area contributed by atoms with Gasteiger partial charge in [0, 0.05) is 13.5 Å². The van der Waals surface area contributed by atoms with E-state index in [9.17, 15) is 9.90 Å². The van der Waals surface area contributed by atoms with Crippen LogP contribution in [0.3, 0.4) is 0 Å². The van der Waals surface area contributed by atoms with Gasteiger partial charge in [0.15, 0.2) is 5.82 Å². The maximum atomic E-state index is 11.5. The Morgan fingerprint density at radius 2 is 1.96 bits per heavy atom. The van der Waals surface area contributed by atoms with Gasteiger partial charge in [0.1, 0.15) is 0 Å². The minimum absolute atomic E-state index is 0.179. The molecule has 1 aromatic heterocycles. The second-order valence-electron chi connectivity index (χ2n) is 7.20. The summed E-state index contributed by atoms with van der Waals surface area (Å²) < 4.78 is 5.18. The summed E-state index contributed by atoms with van der Waals surface area (Å²) in [6.07, 6.45) is 3.36. The average Bonchev–Trinajstić information content (AvgIpc) is 3.15. The van der Waals surface area contributed by atoms with Gasteiger partial charge in [-0.15, -0.1) is 0 Å². The van der Waals surface area contributed by atoms with Gasteiger partial charge in [-0.3, -0.25) is 4.90 Å². The summed E-state index contributed by atoms with van der Waals surface area (Å²) in [6, 6.07) is 15.4. The van der Waals surface area contributed by atoms with Crippen LogP contribution in [-0.2, 0) is 6.54 Å². The van der Waals surface area contributed by atoms with Crippen LogP contribution in [0, 0.1) is 6.92 Å². The number of piperidine rings is 1. The molecule has 4 rings (SSSR count). The zero-order chi connectivity index (χ0) is 19.5. The number of benzene rings is 2. The maximum absolute atomic E-state index is 11.5. The largest absolute Gasteiger partial charge is 0.478 e. The molecule has 0 saturated carbocycles. The van der Waals surface area contributed by atoms with Crippen molar-refractivity contribution in [3.63, 3.8) is 0 Å². The Hall–Kier alpha value is -2.99. The van der Waals surface area contributed by atoms with Gasteiger partial charge in [-0.1, -0.05) is 54.0 Å². The second kappa shape index (κ2) is 7.94. The molecule has 1 aliphatic heterocycles. The van der Waals surface area contributed by atoms with E-state index in [0.717, 1.165) is 42.9 Å². The van der Waals surface area contributed by atoms with Gasteiger partial charge in [-0.25, -0.2) is 4.79 Å². The highest BCUT2D eigenvalue weighted by Gasteiger charge is 2.27. The lowest BCUT2D eigenvalue weighted by molar-refractivity contribution is 0.0697. The van der Waals surface area contributed by atoms with E-state index in [2.05, 4.69) is 27.2 Å². The SMILES string of the molecule is Cc1nc([C@H]2CCCCN2Cc2ccc(-c3ccccc3C(=O)O)cc2)no1. The third kappa shape index (κ3) is 3.82. The molecule has 0 bridgehead atoms. The molecule has 144 valence electrons. The van der Waals surface area contributed by atoms with Gasteiger partial charge >= 0.3 is 5.97 Å². The highest BCUT2D eigenvalue weighted by atomic mass is 16.5. The van der Waals surface area contributed by atoms with Crippen LogP contribution in [0.4, 0.5) is 0 Å². The van der Waals surface area contributed by atoms with Crippen molar-refractivity contribution in [2.24, 2.45) is 0 Å². The molecule has 2 heterocycles. The van der Waals surface area contributed by atoms with Gasteiger partial charge in [0.25, 0.3) is 0 Å². The lowest BCUT2D eigenvalue weighted by atomic mass is 9.97. The lowest BCUT2D eigenvalue weighted by Gasteiger charge is -2.33. The monoisotopic (exact) mass is 377 g/mol. The fourth-order valence-corrected chi connectivity index (χ4v) is 3.87. The highest BCUT2D eigenvalue weighted by molar-refractivity contribution is 5.95. The molecule has 6 heteroatoms. The standard InChI is InChI=1S/C22H23N3O3/c1-15-23-21(24-28-15)20-8-4-5-13-25(20)14-16-9-11-17(12-10-16)18-6-2-3-7-19(18)22(26)27/h2-3,6-7,9-12,20H,4-5,8,13-14H2,1H3,(H,26,27)/t20-/m1/s1. The fraction of sp³-hybridized carbons (Fsp3) is 0.318. The normalized spacial score (nSPS) is 17.5. The van der Waals surface area contributed by atoms with E-state index < -0.39 is 5.97 Å². The van der Waals surface area contributed by atoms with Gasteiger partial charge in [-0.2, -0.15) is 4.98 Å². The van der Waals surface area contributed by atoms with Gasteiger partial charge in [0.2, 0.25) is 5.89 Å². The number of hydrogen-bond acceptors (Lipinski definition) is 5. The fourth-order valence-electron chi connectivity index (χ4n) is 3.87. The minimum atomic E-state index is -0.911. The molecule has 0 unspecified atom stereocenters. The molecule has 1 saturated heterocycles. The van der Waals surface area contributed by atoms with E-state index in [1.54, 1.807) is 12.1 Å². The van der Waals surface area contributed by atoms with Crippen LogP contribution in [0.1, 0.15) is 52.9 Å². The Morgan fingerprint density at radius 3 is 2.68 bits per heavy atom. The quantitative estimate of drug-likeness (QED) is 0.707. The van der Waals surface area contributed by atoms with Gasteiger partial charge < -0.3 is 9.63 Å². The molecule has 1 aliphatic rings. The Morgan fingerprint density at radius 1 is 1.18 bits per heavy atom. The predicted octanol–water partition coefficient (Wildman–Crippen LogP) is 4.47. The van der Waals surface area contributed by atoms with E-state index in [0.29, 0.717) is 11.5 Å². The summed E-state index contributed by atoms with van der Waals surface area (Å²) in [5.41, 5.74) is 3.15. The first-order chi connectivity index (χ1) is 13.6. The smallest absolute Gasteiger partial charge is 0.336 e. The molecule has 2 aromatic carbocycles. The van der Waals surface area contributed by atoms with E-state index >= 15 is 0 Å². The topological polar surface area (TPSA) is 79.5 Å². The second-order valence-corrected chi connectivity index (χ2v) is 7.20. The number of carboxylic acid groups (broad SMARTS) is 1. The van der Waals surface area contributed by atoms with E-state index in [-0.39, 0.29) is 6.04 Å². The zero-order valence-corrected chi connectivity index (χ0v) is 15.8. The van der Waals surface area contributed by atoms with Crippen molar-refractivity contribution in [3.05, 3.63) is 71.4 Å². The van der Waals surface area contributed by atoms with E-state index in [1.807, 2.05) is 31.2 Å². The molecule has 0 amide bonds. The van der Waals surface area contributed by atoms with Gasteiger partial charge in [0.05, 0.1) is 11.6 Å². The zero-order valence-electron chi connectivity index (χ0n) is 15.8. The summed E-state index contributed by atoms with van der Waals surface area (Å²) >= 11 is 0. The molecule has 28 heavy (non-hydrogen) atoms. The Balaban J connectivity index is 1.53. The van der Waals surface area contributed by atoms with Crippen LogP contribution >= 0.6 is 0 Å². The summed E-state index contributed by atoms with van der Waals surface area (Å²) in [6.45, 7) is 3.62. The number of carboxylic acids is 1. The molecule has 1 N–H and O–H groups in total. The van der Waals surface area contributed by atoms with Crippen molar-refractivity contribution in [3.8, 4) is 11.1 Å². The minimum Gasteiger partial charge on any atom is -0.478 e. The highest BCUT2D eigenvalue weighted by Crippen LogP contribution is 2.31. The Labute approximate surface area is 163 Å². The molecule has 6 nitrogen and oxygen atoms in total. The molecule has 0 radical (unpaired) electrons. The first-order valence-corrected chi connectivity index (χ1v) is 9.58. The molecule has 1 atom stereocenters. The first kappa shape index (κ1) is 18.4. The summed E-state index contributed by atoms with van der Waals surface area (Å²) in [5.74, 6) is 0.456. The number of carbonyl (C=O) groups is 1. The van der Waals surface area contributed by atoms with Crippen molar-refractivity contribution in [1.29, 1.82) is 0 Å². The number of likely N-dealkylation sites (tertiary alicyclic amines) is 1. The van der Waals surface area contributed by atoms with Crippen molar-refractivity contribution < 1.29 is 14.4 Å².